The van der Waals surface area contributed by atoms with Gasteiger partial charge in [-0.3, -0.25) is 4.99 Å². The molecule has 0 saturated carbocycles. The molecular formula is C13H19ClN4O2. The van der Waals surface area contributed by atoms with Gasteiger partial charge < -0.3 is 14.8 Å². The second-order valence-corrected chi connectivity index (χ2v) is 4.60. The Kier molecular flexibility index (Phi) is 5.70. The maximum absolute atomic E-state index is 5.79. The minimum atomic E-state index is -0.297. The minimum Gasteiger partial charge on any atom is -0.351 e. The Hall–Kier alpha value is -1.24. The second kappa shape index (κ2) is 7.52. The van der Waals surface area contributed by atoms with Crippen LogP contribution in [0.4, 0.5) is 5.82 Å². The van der Waals surface area contributed by atoms with Crippen molar-refractivity contribution in [3.8, 4) is 0 Å². The van der Waals surface area contributed by atoms with E-state index >= 15 is 0 Å². The van der Waals surface area contributed by atoms with E-state index < -0.39 is 0 Å². The molecular weight excluding hydrogens is 280 g/mol. The average Bonchev–Trinajstić information content (AvgIpc) is 2.44. The van der Waals surface area contributed by atoms with E-state index in [-0.39, 0.29) is 11.6 Å². The summed E-state index contributed by atoms with van der Waals surface area (Å²) < 4.78 is 10.9. The van der Waals surface area contributed by atoms with E-state index in [0.717, 1.165) is 30.1 Å². The second-order valence-electron chi connectivity index (χ2n) is 4.27. The van der Waals surface area contributed by atoms with Gasteiger partial charge >= 0.3 is 0 Å². The van der Waals surface area contributed by atoms with Gasteiger partial charge in [-0.1, -0.05) is 0 Å². The molecule has 0 aromatic carbocycles. The Labute approximate surface area is 123 Å². The number of aryl methyl sites for hydroxylation is 1. The molecule has 20 heavy (non-hydrogen) atoms. The molecule has 1 aliphatic rings. The standard InChI is InChI=1S/C13H19ClN4O2/c1-3-19-11(20-4-2)8-15-10-6-5-9-7-16-13(14)18-12(9)17-10/h7,11H,3-6,8H2,1-2H3,(H,15,16,17,18). The van der Waals surface area contributed by atoms with E-state index in [0.29, 0.717) is 19.8 Å². The summed E-state index contributed by atoms with van der Waals surface area (Å²) in [7, 11) is 0. The van der Waals surface area contributed by atoms with E-state index in [2.05, 4.69) is 20.3 Å². The molecule has 0 radical (unpaired) electrons. The molecule has 110 valence electrons. The Bertz CT molecular complexity index is 475. The number of aliphatic imine (C=N–C) groups is 1. The van der Waals surface area contributed by atoms with Gasteiger partial charge in [-0.15, -0.1) is 0 Å². The van der Waals surface area contributed by atoms with Crippen molar-refractivity contribution in [2.24, 2.45) is 4.99 Å². The number of hydrogen-bond donors (Lipinski definition) is 1. The SMILES string of the molecule is CCOC(C/N=C1\CCc2cnc(Cl)nc2N1)OCC. The molecule has 0 fully saturated rings. The van der Waals surface area contributed by atoms with Crippen LogP contribution in [0.15, 0.2) is 11.2 Å². The molecule has 7 heteroatoms. The van der Waals surface area contributed by atoms with Crippen molar-refractivity contribution in [1.29, 1.82) is 0 Å². The van der Waals surface area contributed by atoms with Gasteiger partial charge in [-0.25, -0.2) is 9.97 Å². The monoisotopic (exact) mass is 298 g/mol. The summed E-state index contributed by atoms with van der Waals surface area (Å²) in [6.45, 7) is 5.56. The Balaban J connectivity index is 1.98. The van der Waals surface area contributed by atoms with Crippen LogP contribution in [-0.4, -0.2) is 41.9 Å². The normalized spacial score (nSPS) is 16.3. The lowest BCUT2D eigenvalue weighted by molar-refractivity contribution is -0.128. The van der Waals surface area contributed by atoms with Gasteiger partial charge in [-0.2, -0.15) is 0 Å². The summed E-state index contributed by atoms with van der Waals surface area (Å²) in [6, 6.07) is 0. The largest absolute Gasteiger partial charge is 0.351 e. The molecule has 2 rings (SSSR count). The highest BCUT2D eigenvalue weighted by atomic mass is 35.5. The topological polar surface area (TPSA) is 68.6 Å². The summed E-state index contributed by atoms with van der Waals surface area (Å²) in [5.74, 6) is 1.61. The zero-order valence-corrected chi connectivity index (χ0v) is 12.5. The fraction of sp³-hybridized carbons (Fsp3) is 0.615. The Morgan fingerprint density at radius 2 is 2.10 bits per heavy atom. The molecule has 2 heterocycles. The first-order valence-corrected chi connectivity index (χ1v) is 7.15. The van der Waals surface area contributed by atoms with Gasteiger partial charge in [0.05, 0.1) is 6.54 Å². The summed E-state index contributed by atoms with van der Waals surface area (Å²) >= 11 is 5.79. The van der Waals surface area contributed by atoms with Crippen molar-refractivity contribution in [2.45, 2.75) is 33.0 Å². The number of amidine groups is 1. The van der Waals surface area contributed by atoms with E-state index in [4.69, 9.17) is 21.1 Å². The van der Waals surface area contributed by atoms with Crippen LogP contribution in [0.25, 0.3) is 0 Å². The summed E-state index contributed by atoms with van der Waals surface area (Å²) in [6.07, 6.45) is 3.13. The van der Waals surface area contributed by atoms with Gasteiger partial charge in [-0.05, 0) is 31.9 Å². The predicted molar refractivity (Wildman–Crippen MR) is 78.3 cm³/mol. The first-order valence-electron chi connectivity index (χ1n) is 6.77. The number of aromatic nitrogens is 2. The number of rotatable bonds is 6. The molecule has 0 saturated heterocycles. The smallest absolute Gasteiger partial charge is 0.224 e. The summed E-state index contributed by atoms with van der Waals surface area (Å²) in [5.41, 5.74) is 1.06. The maximum Gasteiger partial charge on any atom is 0.224 e. The van der Waals surface area contributed by atoms with Crippen molar-refractivity contribution in [1.82, 2.24) is 9.97 Å². The third kappa shape index (κ3) is 4.13. The lowest BCUT2D eigenvalue weighted by atomic mass is 10.1. The third-order valence-electron chi connectivity index (χ3n) is 2.87. The van der Waals surface area contributed by atoms with Crippen molar-refractivity contribution in [3.05, 3.63) is 17.0 Å². The van der Waals surface area contributed by atoms with E-state index in [1.54, 1.807) is 6.20 Å². The molecule has 0 atom stereocenters. The number of ether oxygens (including phenoxy) is 2. The first kappa shape index (κ1) is 15.2. The van der Waals surface area contributed by atoms with Gasteiger partial charge in [0, 0.05) is 31.4 Å². The van der Waals surface area contributed by atoms with Crippen LogP contribution in [0.1, 0.15) is 25.8 Å². The third-order valence-corrected chi connectivity index (χ3v) is 3.05. The van der Waals surface area contributed by atoms with Crippen LogP contribution in [0.3, 0.4) is 0 Å². The molecule has 1 aromatic heterocycles. The fourth-order valence-electron chi connectivity index (χ4n) is 1.96. The Morgan fingerprint density at radius 3 is 2.80 bits per heavy atom. The van der Waals surface area contributed by atoms with Crippen LogP contribution in [-0.2, 0) is 15.9 Å². The predicted octanol–water partition coefficient (Wildman–Crippen LogP) is 2.29. The summed E-state index contributed by atoms with van der Waals surface area (Å²) in [4.78, 5) is 12.6. The highest BCUT2D eigenvalue weighted by Gasteiger charge is 2.16. The van der Waals surface area contributed by atoms with Crippen LogP contribution >= 0.6 is 11.6 Å². The van der Waals surface area contributed by atoms with Crippen LogP contribution in [0.2, 0.25) is 5.28 Å². The number of halogens is 1. The van der Waals surface area contributed by atoms with Crippen molar-refractivity contribution < 1.29 is 9.47 Å². The fourth-order valence-corrected chi connectivity index (χ4v) is 2.09. The van der Waals surface area contributed by atoms with Crippen molar-refractivity contribution in [2.75, 3.05) is 25.1 Å². The van der Waals surface area contributed by atoms with Crippen molar-refractivity contribution >= 4 is 23.3 Å². The van der Waals surface area contributed by atoms with Gasteiger partial charge in [0.2, 0.25) is 5.28 Å². The zero-order valence-electron chi connectivity index (χ0n) is 11.7. The van der Waals surface area contributed by atoms with Crippen LogP contribution in [0.5, 0.6) is 0 Å². The molecule has 1 aromatic rings. The molecule has 1 N–H and O–H groups in total. The zero-order chi connectivity index (χ0) is 14.4. The molecule has 0 amide bonds. The summed E-state index contributed by atoms with van der Waals surface area (Å²) in [5, 5.41) is 3.42. The number of nitrogens with zero attached hydrogens (tertiary/aromatic N) is 3. The Morgan fingerprint density at radius 1 is 1.35 bits per heavy atom. The highest BCUT2D eigenvalue weighted by Crippen LogP contribution is 2.21. The van der Waals surface area contributed by atoms with E-state index in [1.165, 1.54) is 0 Å². The van der Waals surface area contributed by atoms with Gasteiger partial charge in [0.25, 0.3) is 0 Å². The molecule has 0 aliphatic carbocycles. The molecule has 6 nitrogen and oxygen atoms in total. The van der Waals surface area contributed by atoms with E-state index in [9.17, 15) is 0 Å². The first-order chi connectivity index (χ1) is 9.72. The number of nitrogens with one attached hydrogen (secondary N) is 1. The van der Waals surface area contributed by atoms with Crippen LogP contribution in [0, 0.1) is 0 Å². The quantitative estimate of drug-likeness (QED) is 0.644. The van der Waals surface area contributed by atoms with Crippen LogP contribution < -0.4 is 5.32 Å². The minimum absolute atomic E-state index is 0.235. The van der Waals surface area contributed by atoms with Crippen molar-refractivity contribution in [3.63, 3.8) is 0 Å². The molecule has 0 spiro atoms. The van der Waals surface area contributed by atoms with E-state index in [1.807, 2.05) is 13.8 Å². The van der Waals surface area contributed by atoms with Gasteiger partial charge in [0.15, 0.2) is 6.29 Å². The number of fused-ring (bicyclic) bond motifs is 1. The highest BCUT2D eigenvalue weighted by molar-refractivity contribution is 6.28. The molecule has 0 unspecified atom stereocenters. The van der Waals surface area contributed by atoms with Gasteiger partial charge in [0.1, 0.15) is 11.7 Å². The molecule has 0 bridgehead atoms. The molecule has 1 aliphatic heterocycles. The maximum atomic E-state index is 5.79. The lowest BCUT2D eigenvalue weighted by Crippen LogP contribution is -2.25. The number of anilines is 1. The average molecular weight is 299 g/mol. The lowest BCUT2D eigenvalue weighted by Gasteiger charge is -2.20. The number of hydrogen-bond acceptors (Lipinski definition) is 5.